The average Bonchev–Trinajstić information content (AvgIpc) is 2.63. The Labute approximate surface area is 134 Å². The van der Waals surface area contributed by atoms with Crippen LogP contribution in [0.25, 0.3) is 12.2 Å². The summed E-state index contributed by atoms with van der Waals surface area (Å²) in [5, 5.41) is 0. The van der Waals surface area contributed by atoms with Crippen LogP contribution in [0.4, 0.5) is 0 Å². The molecule has 3 rings (SSSR count). The van der Waals surface area contributed by atoms with Gasteiger partial charge in [-0.05, 0) is 48.0 Å². The molecule has 0 aliphatic carbocycles. The molecule has 4 nitrogen and oxygen atoms in total. The maximum Gasteiger partial charge on any atom is 0.345 e. The molecule has 0 fully saturated rings. The summed E-state index contributed by atoms with van der Waals surface area (Å²) in [6.45, 7) is 0. The second-order valence-electron chi connectivity index (χ2n) is 4.79. The highest BCUT2D eigenvalue weighted by molar-refractivity contribution is 5.90. The van der Waals surface area contributed by atoms with Gasteiger partial charge in [0, 0.05) is 18.6 Å². The smallest absolute Gasteiger partial charge is 0.345 e. The second-order valence-corrected chi connectivity index (χ2v) is 4.79. The number of esters is 1. The fourth-order valence-electron chi connectivity index (χ4n) is 1.95. The SMILES string of the molecule is O=C(Oc1ccc(/C=C/c2ccccn2)cc1)c1cccnc1. The van der Waals surface area contributed by atoms with E-state index in [-0.39, 0.29) is 0 Å². The Morgan fingerprint density at radius 2 is 1.78 bits per heavy atom. The van der Waals surface area contributed by atoms with Gasteiger partial charge in [-0.25, -0.2) is 4.79 Å². The fourth-order valence-corrected chi connectivity index (χ4v) is 1.95. The van der Waals surface area contributed by atoms with Crippen molar-refractivity contribution >= 4 is 18.1 Å². The maximum absolute atomic E-state index is 11.9. The van der Waals surface area contributed by atoms with Crippen LogP contribution in [0.15, 0.2) is 73.2 Å². The summed E-state index contributed by atoms with van der Waals surface area (Å²) in [6, 6.07) is 16.4. The van der Waals surface area contributed by atoms with Crippen molar-refractivity contribution in [2.45, 2.75) is 0 Å². The Bertz CT molecular complexity index is 798. The normalized spacial score (nSPS) is 10.6. The lowest BCUT2D eigenvalue weighted by molar-refractivity contribution is 0.0734. The molecule has 0 spiro atoms. The first-order chi connectivity index (χ1) is 11.3. The molecule has 23 heavy (non-hydrogen) atoms. The van der Waals surface area contributed by atoms with Gasteiger partial charge in [0.1, 0.15) is 5.75 Å². The monoisotopic (exact) mass is 302 g/mol. The van der Waals surface area contributed by atoms with Gasteiger partial charge in [0.2, 0.25) is 0 Å². The van der Waals surface area contributed by atoms with Crippen LogP contribution in [0.3, 0.4) is 0 Å². The van der Waals surface area contributed by atoms with Crippen LogP contribution in [0.5, 0.6) is 5.75 Å². The Hall–Kier alpha value is -3.27. The molecule has 0 aliphatic rings. The Kier molecular flexibility index (Phi) is 4.55. The van der Waals surface area contributed by atoms with E-state index in [0.717, 1.165) is 11.3 Å². The van der Waals surface area contributed by atoms with Crippen molar-refractivity contribution < 1.29 is 9.53 Å². The van der Waals surface area contributed by atoms with Gasteiger partial charge in [-0.2, -0.15) is 0 Å². The summed E-state index contributed by atoms with van der Waals surface area (Å²) >= 11 is 0. The standard InChI is InChI=1S/C19H14N2O2/c22-19(16-4-3-12-20-14-16)23-18-10-7-15(8-11-18)6-9-17-5-1-2-13-21-17/h1-14H/b9-6+. The molecule has 4 heteroatoms. The highest BCUT2D eigenvalue weighted by Crippen LogP contribution is 2.15. The van der Waals surface area contributed by atoms with Crippen LogP contribution in [-0.2, 0) is 0 Å². The van der Waals surface area contributed by atoms with E-state index in [0.29, 0.717) is 11.3 Å². The predicted octanol–water partition coefficient (Wildman–Crippen LogP) is 3.87. The van der Waals surface area contributed by atoms with Crippen molar-refractivity contribution in [2.75, 3.05) is 0 Å². The minimum Gasteiger partial charge on any atom is -0.423 e. The molecular weight excluding hydrogens is 288 g/mol. The van der Waals surface area contributed by atoms with Crippen molar-refractivity contribution in [3.63, 3.8) is 0 Å². The lowest BCUT2D eigenvalue weighted by Gasteiger charge is -2.04. The van der Waals surface area contributed by atoms with Gasteiger partial charge < -0.3 is 4.74 Å². The fraction of sp³-hybridized carbons (Fsp3) is 0. The molecule has 2 aromatic heterocycles. The molecule has 0 saturated carbocycles. The van der Waals surface area contributed by atoms with Gasteiger partial charge in [-0.15, -0.1) is 0 Å². The first kappa shape index (κ1) is 14.7. The summed E-state index contributed by atoms with van der Waals surface area (Å²) in [6.07, 6.45) is 8.72. The maximum atomic E-state index is 11.9. The third kappa shape index (κ3) is 4.11. The third-order valence-corrected chi connectivity index (χ3v) is 3.12. The number of hydrogen-bond acceptors (Lipinski definition) is 4. The molecule has 112 valence electrons. The quantitative estimate of drug-likeness (QED) is 0.542. The molecule has 0 bridgehead atoms. The molecule has 0 radical (unpaired) electrons. The molecule has 0 atom stereocenters. The summed E-state index contributed by atoms with van der Waals surface area (Å²) in [4.78, 5) is 20.0. The van der Waals surface area contributed by atoms with Gasteiger partial charge in [-0.1, -0.05) is 24.3 Å². The van der Waals surface area contributed by atoms with Crippen molar-refractivity contribution in [3.05, 3.63) is 90.0 Å². The Morgan fingerprint density at radius 1 is 0.913 bits per heavy atom. The van der Waals surface area contributed by atoms with Gasteiger partial charge in [0.15, 0.2) is 0 Å². The molecule has 0 saturated heterocycles. The summed E-state index contributed by atoms with van der Waals surface area (Å²) in [5.74, 6) is 0.0729. The Morgan fingerprint density at radius 3 is 2.48 bits per heavy atom. The van der Waals surface area contributed by atoms with E-state index >= 15 is 0 Å². The topological polar surface area (TPSA) is 52.1 Å². The van der Waals surface area contributed by atoms with E-state index in [1.807, 2.05) is 42.5 Å². The van der Waals surface area contributed by atoms with Gasteiger partial charge in [0.25, 0.3) is 0 Å². The number of nitrogens with zero attached hydrogens (tertiary/aromatic N) is 2. The number of hydrogen-bond donors (Lipinski definition) is 0. The van der Waals surface area contributed by atoms with Crippen molar-refractivity contribution in [2.24, 2.45) is 0 Å². The lowest BCUT2D eigenvalue weighted by Crippen LogP contribution is -2.08. The number of carbonyl (C=O) groups excluding carboxylic acids is 1. The first-order valence-electron chi connectivity index (χ1n) is 7.13. The highest BCUT2D eigenvalue weighted by atomic mass is 16.5. The molecule has 0 N–H and O–H groups in total. The minimum atomic E-state index is -0.421. The number of carbonyl (C=O) groups is 1. The molecule has 2 heterocycles. The number of pyridine rings is 2. The van der Waals surface area contributed by atoms with Gasteiger partial charge in [-0.3, -0.25) is 9.97 Å². The van der Waals surface area contributed by atoms with E-state index in [1.165, 1.54) is 6.20 Å². The second kappa shape index (κ2) is 7.13. The summed E-state index contributed by atoms with van der Waals surface area (Å²) in [7, 11) is 0. The molecule has 0 unspecified atom stereocenters. The molecule has 3 aromatic rings. The minimum absolute atomic E-state index is 0.421. The van der Waals surface area contributed by atoms with Crippen LogP contribution < -0.4 is 4.74 Å². The average molecular weight is 302 g/mol. The van der Waals surface area contributed by atoms with E-state index in [9.17, 15) is 4.79 Å². The van der Waals surface area contributed by atoms with Crippen molar-refractivity contribution in [1.29, 1.82) is 0 Å². The Balaban J connectivity index is 1.65. The van der Waals surface area contributed by atoms with E-state index < -0.39 is 5.97 Å². The van der Waals surface area contributed by atoms with Gasteiger partial charge >= 0.3 is 5.97 Å². The van der Waals surface area contributed by atoms with Crippen LogP contribution >= 0.6 is 0 Å². The number of benzene rings is 1. The number of aromatic nitrogens is 2. The van der Waals surface area contributed by atoms with Crippen molar-refractivity contribution in [1.82, 2.24) is 9.97 Å². The zero-order chi connectivity index (χ0) is 15.9. The lowest BCUT2D eigenvalue weighted by atomic mass is 10.2. The van der Waals surface area contributed by atoms with Crippen LogP contribution in [-0.4, -0.2) is 15.9 Å². The molecule has 1 aromatic carbocycles. The molecule has 0 aliphatic heterocycles. The van der Waals surface area contributed by atoms with E-state index in [4.69, 9.17) is 4.74 Å². The van der Waals surface area contributed by atoms with E-state index in [2.05, 4.69) is 9.97 Å². The van der Waals surface area contributed by atoms with Crippen molar-refractivity contribution in [3.8, 4) is 5.75 Å². The summed E-state index contributed by atoms with van der Waals surface area (Å²) in [5.41, 5.74) is 2.31. The number of ether oxygens (including phenoxy) is 1. The van der Waals surface area contributed by atoms with E-state index in [1.54, 1.807) is 36.7 Å². The zero-order valence-corrected chi connectivity index (χ0v) is 12.3. The van der Waals surface area contributed by atoms with Crippen LogP contribution in [0.1, 0.15) is 21.6 Å². The molecule has 0 amide bonds. The largest absolute Gasteiger partial charge is 0.423 e. The zero-order valence-electron chi connectivity index (χ0n) is 12.3. The van der Waals surface area contributed by atoms with Crippen LogP contribution in [0, 0.1) is 0 Å². The third-order valence-electron chi connectivity index (χ3n) is 3.12. The summed E-state index contributed by atoms with van der Waals surface area (Å²) < 4.78 is 5.30. The first-order valence-corrected chi connectivity index (χ1v) is 7.13. The predicted molar refractivity (Wildman–Crippen MR) is 88.8 cm³/mol. The van der Waals surface area contributed by atoms with Crippen LogP contribution in [0.2, 0.25) is 0 Å². The number of rotatable bonds is 4. The highest BCUT2D eigenvalue weighted by Gasteiger charge is 2.07. The van der Waals surface area contributed by atoms with Gasteiger partial charge in [0.05, 0.1) is 11.3 Å². The molecular formula is C19H14N2O2.